The maximum absolute atomic E-state index is 14.0. The van der Waals surface area contributed by atoms with Crippen LogP contribution in [0.4, 0.5) is 4.39 Å². The van der Waals surface area contributed by atoms with Gasteiger partial charge in [-0.05, 0) is 41.5 Å². The molecule has 0 bridgehead atoms. The standard InChI is InChI=1S/C20H18FNO5S/c1-27-18-9-7-13-4-2-3-5-15(13)16(18)10-11-22-28(25,26)19-12-14(20(23)24)6-8-17(19)21/h2-9,12,22H,10-11H2,1H3,(H,23,24). The number of sulfonamides is 1. The zero-order valence-electron chi connectivity index (χ0n) is 15.0. The second kappa shape index (κ2) is 7.95. The van der Waals surface area contributed by atoms with Crippen LogP contribution in [0.2, 0.25) is 0 Å². The van der Waals surface area contributed by atoms with Crippen LogP contribution in [0.3, 0.4) is 0 Å². The lowest BCUT2D eigenvalue weighted by Gasteiger charge is -2.13. The summed E-state index contributed by atoms with van der Waals surface area (Å²) in [6.45, 7) is -0.0105. The van der Waals surface area contributed by atoms with Crippen molar-refractivity contribution in [1.29, 1.82) is 0 Å². The van der Waals surface area contributed by atoms with Gasteiger partial charge < -0.3 is 9.84 Å². The van der Waals surface area contributed by atoms with Crippen molar-refractivity contribution in [3.63, 3.8) is 0 Å². The highest BCUT2D eigenvalue weighted by Gasteiger charge is 2.21. The highest BCUT2D eigenvalue weighted by molar-refractivity contribution is 7.89. The fraction of sp³-hybridized carbons (Fsp3) is 0.150. The van der Waals surface area contributed by atoms with Crippen LogP contribution in [-0.2, 0) is 16.4 Å². The van der Waals surface area contributed by atoms with E-state index in [0.717, 1.165) is 34.5 Å². The summed E-state index contributed by atoms with van der Waals surface area (Å²) in [5, 5.41) is 10.9. The Morgan fingerprint density at radius 1 is 1.14 bits per heavy atom. The van der Waals surface area contributed by atoms with Gasteiger partial charge in [0.1, 0.15) is 16.5 Å². The number of ether oxygens (including phenoxy) is 1. The SMILES string of the molecule is COc1ccc2ccccc2c1CCNS(=O)(=O)c1cc(C(=O)O)ccc1F. The Balaban J connectivity index is 1.85. The van der Waals surface area contributed by atoms with E-state index in [1.807, 2.05) is 36.4 Å². The summed E-state index contributed by atoms with van der Waals surface area (Å²) in [5.41, 5.74) is 0.514. The molecule has 8 heteroatoms. The van der Waals surface area contributed by atoms with E-state index in [-0.39, 0.29) is 12.1 Å². The Labute approximate surface area is 161 Å². The maximum Gasteiger partial charge on any atom is 0.335 e. The van der Waals surface area contributed by atoms with Gasteiger partial charge in [0.2, 0.25) is 10.0 Å². The average molecular weight is 403 g/mol. The monoisotopic (exact) mass is 403 g/mol. The Kier molecular flexibility index (Phi) is 5.62. The van der Waals surface area contributed by atoms with E-state index in [1.54, 1.807) is 0 Å². The minimum absolute atomic E-state index is 0.0105. The molecule has 0 radical (unpaired) electrons. The van der Waals surface area contributed by atoms with Crippen LogP contribution in [0.1, 0.15) is 15.9 Å². The van der Waals surface area contributed by atoms with E-state index < -0.39 is 26.7 Å². The molecule has 3 rings (SSSR count). The first kappa shape index (κ1) is 19.8. The third kappa shape index (κ3) is 3.97. The van der Waals surface area contributed by atoms with E-state index in [0.29, 0.717) is 12.2 Å². The molecule has 0 saturated heterocycles. The van der Waals surface area contributed by atoms with Crippen LogP contribution in [0.15, 0.2) is 59.5 Å². The van der Waals surface area contributed by atoms with Crippen molar-refractivity contribution in [3.05, 3.63) is 71.5 Å². The average Bonchev–Trinajstić information content (AvgIpc) is 2.68. The Hall–Kier alpha value is -2.97. The number of hydrogen-bond donors (Lipinski definition) is 2. The van der Waals surface area contributed by atoms with E-state index in [2.05, 4.69) is 4.72 Å². The van der Waals surface area contributed by atoms with Gasteiger partial charge in [-0.3, -0.25) is 0 Å². The highest BCUT2D eigenvalue weighted by Crippen LogP contribution is 2.28. The lowest BCUT2D eigenvalue weighted by atomic mass is 10.0. The van der Waals surface area contributed by atoms with Crippen molar-refractivity contribution >= 4 is 26.8 Å². The number of hydrogen-bond acceptors (Lipinski definition) is 4. The summed E-state index contributed by atoms with van der Waals surface area (Å²) in [6.07, 6.45) is 0.310. The van der Waals surface area contributed by atoms with Crippen molar-refractivity contribution in [2.75, 3.05) is 13.7 Å². The zero-order valence-corrected chi connectivity index (χ0v) is 15.8. The number of aromatic carboxylic acids is 1. The molecule has 0 saturated carbocycles. The topological polar surface area (TPSA) is 92.7 Å². The third-order valence-electron chi connectivity index (χ3n) is 4.35. The maximum atomic E-state index is 14.0. The molecule has 0 unspecified atom stereocenters. The molecular weight excluding hydrogens is 385 g/mol. The molecule has 0 aromatic heterocycles. The number of halogens is 1. The van der Waals surface area contributed by atoms with Gasteiger partial charge >= 0.3 is 5.97 Å². The normalized spacial score (nSPS) is 11.5. The van der Waals surface area contributed by atoms with Crippen LogP contribution in [-0.4, -0.2) is 33.1 Å². The molecule has 6 nitrogen and oxygen atoms in total. The summed E-state index contributed by atoms with van der Waals surface area (Å²) in [7, 11) is -2.69. The smallest absolute Gasteiger partial charge is 0.335 e. The van der Waals surface area contributed by atoms with Crippen LogP contribution < -0.4 is 9.46 Å². The number of carboxylic acids is 1. The first-order valence-electron chi connectivity index (χ1n) is 8.40. The molecule has 146 valence electrons. The first-order chi connectivity index (χ1) is 13.3. The number of rotatable bonds is 7. The molecule has 0 amide bonds. The molecule has 0 aliphatic heterocycles. The van der Waals surface area contributed by atoms with Crippen LogP contribution >= 0.6 is 0 Å². The van der Waals surface area contributed by atoms with Gasteiger partial charge in [0.15, 0.2) is 0 Å². The number of carboxylic acid groups (broad SMARTS) is 1. The molecule has 0 spiro atoms. The van der Waals surface area contributed by atoms with Gasteiger partial charge in [-0.1, -0.05) is 30.3 Å². The van der Waals surface area contributed by atoms with Crippen molar-refractivity contribution in [2.45, 2.75) is 11.3 Å². The molecule has 0 aliphatic carbocycles. The van der Waals surface area contributed by atoms with E-state index in [4.69, 9.17) is 9.84 Å². The lowest BCUT2D eigenvalue weighted by Crippen LogP contribution is -2.27. The zero-order chi connectivity index (χ0) is 20.3. The van der Waals surface area contributed by atoms with E-state index >= 15 is 0 Å². The summed E-state index contributed by atoms with van der Waals surface area (Å²) in [6, 6.07) is 14.0. The van der Waals surface area contributed by atoms with Gasteiger partial charge in [-0.2, -0.15) is 0 Å². The molecule has 0 fully saturated rings. The molecule has 3 aromatic carbocycles. The Morgan fingerprint density at radius 3 is 2.61 bits per heavy atom. The van der Waals surface area contributed by atoms with Gasteiger partial charge in [0.25, 0.3) is 0 Å². The predicted molar refractivity (Wildman–Crippen MR) is 103 cm³/mol. The summed E-state index contributed by atoms with van der Waals surface area (Å²) < 4.78 is 46.6. The second-order valence-corrected chi connectivity index (χ2v) is 7.80. The van der Waals surface area contributed by atoms with Gasteiger partial charge in [-0.25, -0.2) is 22.3 Å². The Bertz CT molecular complexity index is 1140. The quantitative estimate of drug-likeness (QED) is 0.632. The molecule has 28 heavy (non-hydrogen) atoms. The fourth-order valence-corrected chi connectivity index (χ4v) is 4.13. The second-order valence-electron chi connectivity index (χ2n) is 6.07. The van der Waals surface area contributed by atoms with Crippen LogP contribution in [0, 0.1) is 5.82 Å². The lowest BCUT2D eigenvalue weighted by molar-refractivity contribution is 0.0696. The molecule has 3 aromatic rings. The van der Waals surface area contributed by atoms with Crippen molar-refractivity contribution < 1.29 is 27.4 Å². The van der Waals surface area contributed by atoms with E-state index in [1.165, 1.54) is 7.11 Å². The largest absolute Gasteiger partial charge is 0.496 e. The van der Waals surface area contributed by atoms with Crippen LogP contribution in [0.25, 0.3) is 10.8 Å². The third-order valence-corrected chi connectivity index (χ3v) is 5.83. The van der Waals surface area contributed by atoms with E-state index in [9.17, 15) is 17.6 Å². The first-order valence-corrected chi connectivity index (χ1v) is 9.89. The molecule has 0 aliphatic rings. The number of nitrogens with one attached hydrogen (secondary N) is 1. The highest BCUT2D eigenvalue weighted by atomic mass is 32.2. The minimum atomic E-state index is -4.22. The van der Waals surface area contributed by atoms with Crippen LogP contribution in [0.5, 0.6) is 5.75 Å². The van der Waals surface area contributed by atoms with Crippen molar-refractivity contribution in [1.82, 2.24) is 4.72 Å². The predicted octanol–water partition coefficient (Wildman–Crippen LogP) is 3.21. The summed E-state index contributed by atoms with van der Waals surface area (Å²) in [5.74, 6) is -1.73. The minimum Gasteiger partial charge on any atom is -0.496 e. The molecule has 0 heterocycles. The molecule has 0 atom stereocenters. The summed E-state index contributed by atoms with van der Waals surface area (Å²) in [4.78, 5) is 10.3. The number of benzene rings is 3. The molecular formula is C20H18FNO5S. The molecule has 2 N–H and O–H groups in total. The number of fused-ring (bicyclic) bond motifs is 1. The number of carbonyl (C=O) groups is 1. The fourth-order valence-electron chi connectivity index (χ4n) is 3.00. The summed E-state index contributed by atoms with van der Waals surface area (Å²) >= 11 is 0. The van der Waals surface area contributed by atoms with Crippen molar-refractivity contribution in [3.8, 4) is 5.75 Å². The number of methoxy groups -OCH3 is 1. The Morgan fingerprint density at radius 2 is 1.89 bits per heavy atom. The van der Waals surface area contributed by atoms with Gasteiger partial charge in [0, 0.05) is 12.1 Å². The van der Waals surface area contributed by atoms with Gasteiger partial charge in [-0.15, -0.1) is 0 Å². The van der Waals surface area contributed by atoms with Crippen molar-refractivity contribution in [2.24, 2.45) is 0 Å². The van der Waals surface area contributed by atoms with Gasteiger partial charge in [0.05, 0.1) is 12.7 Å².